The Kier molecular flexibility index (Phi) is 5.56. The molecule has 5 fully saturated rings. The Morgan fingerprint density at radius 1 is 0.846 bits per heavy atom. The van der Waals surface area contributed by atoms with E-state index in [1.54, 1.807) is 0 Å². The normalized spacial score (nSPS) is 36.5. The standard InChI is InChI=1S/C22H36N2O2/c25-20(24-19-6-3-1-2-4-7-19)8-5-9-23-21(26)22-13-16-10-17(14-22)12-18(11-16)15-22/h16-19H,1-15H2,(H,23,26)(H,24,25). The Hall–Kier alpha value is -1.06. The Morgan fingerprint density at radius 3 is 2.00 bits per heavy atom. The molecule has 0 aliphatic heterocycles. The van der Waals surface area contributed by atoms with Crippen LogP contribution in [0.15, 0.2) is 0 Å². The summed E-state index contributed by atoms with van der Waals surface area (Å²) in [5, 5.41) is 6.39. The van der Waals surface area contributed by atoms with Gasteiger partial charge in [-0.3, -0.25) is 9.59 Å². The molecular weight excluding hydrogens is 324 g/mol. The number of hydrogen-bond acceptors (Lipinski definition) is 2. The minimum absolute atomic E-state index is 0.0582. The van der Waals surface area contributed by atoms with Crippen LogP contribution in [0.5, 0.6) is 0 Å². The van der Waals surface area contributed by atoms with Gasteiger partial charge in [-0.05, 0) is 75.5 Å². The SMILES string of the molecule is O=C(CCCNC(=O)C12CC3CC(CC(C3)C1)C2)NC1CCCCCC1. The van der Waals surface area contributed by atoms with Crippen LogP contribution in [0.25, 0.3) is 0 Å². The van der Waals surface area contributed by atoms with Crippen molar-refractivity contribution in [1.29, 1.82) is 0 Å². The minimum atomic E-state index is -0.0582. The highest BCUT2D eigenvalue weighted by atomic mass is 16.2. The molecule has 2 N–H and O–H groups in total. The van der Waals surface area contributed by atoms with Gasteiger partial charge in [0.1, 0.15) is 0 Å². The van der Waals surface area contributed by atoms with Gasteiger partial charge >= 0.3 is 0 Å². The van der Waals surface area contributed by atoms with Crippen LogP contribution in [0.3, 0.4) is 0 Å². The second kappa shape index (κ2) is 7.90. The average molecular weight is 361 g/mol. The van der Waals surface area contributed by atoms with Crippen LogP contribution in [-0.2, 0) is 9.59 Å². The van der Waals surface area contributed by atoms with Crippen LogP contribution in [0.1, 0.15) is 89.9 Å². The van der Waals surface area contributed by atoms with E-state index in [1.165, 1.54) is 44.9 Å². The third kappa shape index (κ3) is 4.09. The fourth-order valence-corrected chi connectivity index (χ4v) is 6.75. The topological polar surface area (TPSA) is 58.2 Å². The minimum Gasteiger partial charge on any atom is -0.356 e. The van der Waals surface area contributed by atoms with Crippen LogP contribution in [0.2, 0.25) is 0 Å². The van der Waals surface area contributed by atoms with Gasteiger partial charge in [-0.2, -0.15) is 0 Å². The largest absolute Gasteiger partial charge is 0.356 e. The number of rotatable bonds is 6. The molecule has 0 aromatic carbocycles. The van der Waals surface area contributed by atoms with Crippen molar-refractivity contribution in [3.8, 4) is 0 Å². The van der Waals surface area contributed by atoms with Gasteiger partial charge in [0.15, 0.2) is 0 Å². The second-order valence-corrected chi connectivity index (χ2v) is 9.81. The van der Waals surface area contributed by atoms with Gasteiger partial charge in [-0.15, -0.1) is 0 Å². The van der Waals surface area contributed by atoms with Gasteiger partial charge in [0.2, 0.25) is 11.8 Å². The zero-order valence-corrected chi connectivity index (χ0v) is 16.2. The highest BCUT2D eigenvalue weighted by molar-refractivity contribution is 5.83. The number of nitrogens with one attached hydrogen (secondary N) is 2. The molecule has 0 atom stereocenters. The summed E-state index contributed by atoms with van der Waals surface area (Å²) in [4.78, 5) is 25.1. The molecule has 4 heteroatoms. The molecule has 26 heavy (non-hydrogen) atoms. The van der Waals surface area contributed by atoms with Crippen LogP contribution in [0.4, 0.5) is 0 Å². The number of carbonyl (C=O) groups is 2. The van der Waals surface area contributed by atoms with Crippen molar-refractivity contribution in [3.05, 3.63) is 0 Å². The molecule has 0 aromatic rings. The number of carbonyl (C=O) groups excluding carboxylic acids is 2. The highest BCUT2D eigenvalue weighted by Crippen LogP contribution is 2.60. The zero-order valence-electron chi connectivity index (χ0n) is 16.2. The third-order valence-electron chi connectivity index (χ3n) is 7.61. The van der Waals surface area contributed by atoms with Crippen molar-refractivity contribution >= 4 is 11.8 Å². The second-order valence-electron chi connectivity index (χ2n) is 9.81. The summed E-state index contributed by atoms with van der Waals surface area (Å²) in [5.41, 5.74) is -0.0582. The average Bonchev–Trinajstić information content (AvgIpc) is 2.86. The van der Waals surface area contributed by atoms with Gasteiger partial charge in [0, 0.05) is 24.4 Å². The van der Waals surface area contributed by atoms with Gasteiger partial charge in [0.05, 0.1) is 0 Å². The lowest BCUT2D eigenvalue weighted by atomic mass is 9.49. The first kappa shape index (κ1) is 18.3. The Balaban J connectivity index is 1.17. The summed E-state index contributed by atoms with van der Waals surface area (Å²) in [6, 6.07) is 0.381. The summed E-state index contributed by atoms with van der Waals surface area (Å²) in [7, 11) is 0. The summed E-state index contributed by atoms with van der Waals surface area (Å²) >= 11 is 0. The van der Waals surface area contributed by atoms with Gasteiger partial charge in [-0.1, -0.05) is 25.7 Å². The Bertz CT molecular complexity index is 487. The van der Waals surface area contributed by atoms with Gasteiger partial charge in [-0.25, -0.2) is 0 Å². The zero-order chi connectivity index (χ0) is 18.0. The Morgan fingerprint density at radius 2 is 1.42 bits per heavy atom. The molecule has 4 nitrogen and oxygen atoms in total. The van der Waals surface area contributed by atoms with Gasteiger partial charge in [0.25, 0.3) is 0 Å². The molecule has 0 spiro atoms. The summed E-state index contributed by atoms with van der Waals surface area (Å²) in [5.74, 6) is 2.87. The van der Waals surface area contributed by atoms with E-state index in [-0.39, 0.29) is 11.3 Å². The molecule has 0 saturated heterocycles. The summed E-state index contributed by atoms with van der Waals surface area (Å²) in [6.07, 6.45) is 16.1. The van der Waals surface area contributed by atoms with E-state index in [1.807, 2.05) is 0 Å². The lowest BCUT2D eigenvalue weighted by molar-refractivity contribution is -0.146. The van der Waals surface area contributed by atoms with Crippen molar-refractivity contribution in [2.75, 3.05) is 6.54 Å². The van der Waals surface area contributed by atoms with E-state index in [0.717, 1.165) is 56.3 Å². The van der Waals surface area contributed by atoms with E-state index in [0.29, 0.717) is 24.9 Å². The van der Waals surface area contributed by atoms with Crippen molar-refractivity contribution in [1.82, 2.24) is 10.6 Å². The predicted molar refractivity (Wildman–Crippen MR) is 102 cm³/mol. The molecule has 4 bridgehead atoms. The molecule has 0 heterocycles. The maximum atomic E-state index is 12.9. The molecule has 0 aromatic heterocycles. The highest BCUT2D eigenvalue weighted by Gasteiger charge is 2.54. The van der Waals surface area contributed by atoms with Crippen molar-refractivity contribution in [3.63, 3.8) is 0 Å². The molecule has 5 saturated carbocycles. The maximum Gasteiger partial charge on any atom is 0.226 e. The Labute approximate surface area is 158 Å². The molecule has 146 valence electrons. The third-order valence-corrected chi connectivity index (χ3v) is 7.61. The number of amides is 2. The van der Waals surface area contributed by atoms with E-state index < -0.39 is 0 Å². The molecular formula is C22H36N2O2. The lowest BCUT2D eigenvalue weighted by Gasteiger charge is -2.55. The molecule has 2 amide bonds. The summed E-state index contributed by atoms with van der Waals surface area (Å²) < 4.78 is 0. The van der Waals surface area contributed by atoms with Crippen LogP contribution < -0.4 is 10.6 Å². The van der Waals surface area contributed by atoms with Crippen LogP contribution >= 0.6 is 0 Å². The molecule has 5 rings (SSSR count). The first-order valence-corrected chi connectivity index (χ1v) is 11.2. The first-order chi connectivity index (χ1) is 12.6. The first-order valence-electron chi connectivity index (χ1n) is 11.2. The fourth-order valence-electron chi connectivity index (χ4n) is 6.75. The predicted octanol–water partition coefficient (Wildman–Crippen LogP) is 3.94. The number of hydrogen-bond donors (Lipinski definition) is 2. The smallest absolute Gasteiger partial charge is 0.226 e. The van der Waals surface area contributed by atoms with Crippen LogP contribution in [0, 0.1) is 23.2 Å². The van der Waals surface area contributed by atoms with E-state index in [9.17, 15) is 9.59 Å². The molecule has 0 radical (unpaired) electrons. The van der Waals surface area contributed by atoms with Crippen LogP contribution in [-0.4, -0.2) is 24.4 Å². The van der Waals surface area contributed by atoms with E-state index >= 15 is 0 Å². The van der Waals surface area contributed by atoms with E-state index in [4.69, 9.17) is 0 Å². The quantitative estimate of drug-likeness (QED) is 0.557. The summed E-state index contributed by atoms with van der Waals surface area (Å²) in [6.45, 7) is 0.651. The maximum absolute atomic E-state index is 12.9. The van der Waals surface area contributed by atoms with Crippen molar-refractivity contribution in [2.24, 2.45) is 23.2 Å². The molecule has 0 unspecified atom stereocenters. The molecule has 5 aliphatic rings. The van der Waals surface area contributed by atoms with Crippen molar-refractivity contribution < 1.29 is 9.59 Å². The van der Waals surface area contributed by atoms with Crippen molar-refractivity contribution in [2.45, 2.75) is 95.9 Å². The fraction of sp³-hybridized carbons (Fsp3) is 0.909. The van der Waals surface area contributed by atoms with Gasteiger partial charge < -0.3 is 10.6 Å². The van der Waals surface area contributed by atoms with E-state index in [2.05, 4.69) is 10.6 Å². The molecule has 5 aliphatic carbocycles. The monoisotopic (exact) mass is 360 g/mol. The lowest BCUT2D eigenvalue weighted by Crippen LogP contribution is -2.53.